The van der Waals surface area contributed by atoms with Crippen LogP contribution in [-0.4, -0.2) is 37.8 Å². The Balaban J connectivity index is 1.45. The van der Waals surface area contributed by atoms with E-state index in [1.807, 2.05) is 42.5 Å². The van der Waals surface area contributed by atoms with Gasteiger partial charge >= 0.3 is 0 Å². The predicted octanol–water partition coefficient (Wildman–Crippen LogP) is 2.98. The molecule has 1 aromatic carbocycles. The van der Waals surface area contributed by atoms with Crippen molar-refractivity contribution in [3.63, 3.8) is 0 Å². The van der Waals surface area contributed by atoms with Crippen molar-refractivity contribution in [3.8, 4) is 17.3 Å². The second-order valence-electron chi connectivity index (χ2n) is 7.10. The van der Waals surface area contributed by atoms with Crippen LogP contribution in [0, 0.1) is 11.3 Å². The maximum Gasteiger partial charge on any atom is 0.169 e. The van der Waals surface area contributed by atoms with Crippen LogP contribution >= 0.6 is 0 Å². The monoisotopic (exact) mass is 397 g/mol. The van der Waals surface area contributed by atoms with Crippen molar-refractivity contribution >= 4 is 17.3 Å². The van der Waals surface area contributed by atoms with E-state index in [2.05, 4.69) is 31.4 Å². The Labute approximate surface area is 173 Å². The van der Waals surface area contributed by atoms with Gasteiger partial charge in [-0.15, -0.1) is 0 Å². The average Bonchev–Trinajstić information content (AvgIpc) is 3.14. The number of aliphatic hydroxyl groups is 1. The average molecular weight is 397 g/mol. The lowest BCUT2D eigenvalue weighted by molar-refractivity contribution is 0.202. The minimum absolute atomic E-state index is 0.528. The lowest BCUT2D eigenvalue weighted by Gasteiger charge is -2.32. The second kappa shape index (κ2) is 7.46. The van der Waals surface area contributed by atoms with Crippen LogP contribution in [0.4, 0.5) is 11.6 Å². The lowest BCUT2D eigenvalue weighted by Crippen LogP contribution is -2.37. The summed E-state index contributed by atoms with van der Waals surface area (Å²) < 4.78 is 1.62. The van der Waals surface area contributed by atoms with E-state index in [1.165, 1.54) is 0 Å². The fraction of sp³-hybridized carbons (Fsp3) is 0.182. The van der Waals surface area contributed by atoms with Gasteiger partial charge in [0.15, 0.2) is 17.7 Å². The standard InChI is InChI=1S/C22H19N7O/c23-13-15-5-1-2-6-16(15)17-9-10-19-24-14-21(29(19)27-17)26-22(30)18-7-3-8-20(25-18)28-11-4-12-28/h1-3,5-10,14,22,26,30H,4,11-12H2. The maximum atomic E-state index is 10.7. The molecule has 8 nitrogen and oxygen atoms in total. The largest absolute Gasteiger partial charge is 0.368 e. The number of imidazole rings is 1. The molecular formula is C22H19N7O. The van der Waals surface area contributed by atoms with Crippen molar-refractivity contribution in [2.75, 3.05) is 23.3 Å². The van der Waals surface area contributed by atoms with Crippen molar-refractivity contribution in [1.82, 2.24) is 19.6 Å². The van der Waals surface area contributed by atoms with Gasteiger partial charge in [0.25, 0.3) is 0 Å². The number of aromatic nitrogens is 4. The Morgan fingerprint density at radius 2 is 1.93 bits per heavy atom. The van der Waals surface area contributed by atoms with Crippen LogP contribution in [0.2, 0.25) is 0 Å². The first kappa shape index (κ1) is 18.1. The molecule has 1 atom stereocenters. The SMILES string of the molecule is N#Cc1ccccc1-c1ccc2ncc(NC(O)c3cccc(N4CCC4)n3)n2n1. The van der Waals surface area contributed by atoms with Gasteiger partial charge in [0, 0.05) is 18.7 Å². The van der Waals surface area contributed by atoms with E-state index in [0.29, 0.717) is 28.4 Å². The number of aliphatic hydroxyl groups excluding tert-OH is 1. The molecule has 0 spiro atoms. The van der Waals surface area contributed by atoms with Gasteiger partial charge in [-0.25, -0.2) is 9.97 Å². The zero-order valence-electron chi connectivity index (χ0n) is 16.1. The number of nitrogens with one attached hydrogen (secondary N) is 1. The number of fused-ring (bicyclic) bond motifs is 1. The number of hydrogen-bond donors (Lipinski definition) is 2. The highest BCUT2D eigenvalue weighted by Crippen LogP contribution is 2.25. The van der Waals surface area contributed by atoms with Gasteiger partial charge in [0.2, 0.25) is 0 Å². The second-order valence-corrected chi connectivity index (χ2v) is 7.10. The molecule has 5 rings (SSSR count). The van der Waals surface area contributed by atoms with E-state index in [0.717, 1.165) is 30.9 Å². The molecule has 0 aliphatic carbocycles. The third-order valence-electron chi connectivity index (χ3n) is 5.19. The van der Waals surface area contributed by atoms with E-state index in [1.54, 1.807) is 22.8 Å². The van der Waals surface area contributed by atoms with Crippen molar-refractivity contribution in [2.45, 2.75) is 12.6 Å². The summed E-state index contributed by atoms with van der Waals surface area (Å²) >= 11 is 0. The molecule has 4 heterocycles. The van der Waals surface area contributed by atoms with Gasteiger partial charge in [-0.3, -0.25) is 0 Å². The molecule has 2 N–H and O–H groups in total. The van der Waals surface area contributed by atoms with Gasteiger partial charge in [-0.05, 0) is 36.8 Å². The first-order valence-electron chi connectivity index (χ1n) is 9.74. The Kier molecular flexibility index (Phi) is 4.50. The Morgan fingerprint density at radius 3 is 2.73 bits per heavy atom. The van der Waals surface area contributed by atoms with Gasteiger partial charge in [0.1, 0.15) is 5.82 Å². The molecule has 30 heavy (non-hydrogen) atoms. The molecule has 148 valence electrons. The summed E-state index contributed by atoms with van der Waals surface area (Å²) in [7, 11) is 0. The molecule has 1 fully saturated rings. The number of nitrogens with zero attached hydrogens (tertiary/aromatic N) is 6. The summed E-state index contributed by atoms with van der Waals surface area (Å²) in [5.41, 5.74) is 3.09. The number of pyridine rings is 1. The van der Waals surface area contributed by atoms with E-state index >= 15 is 0 Å². The molecule has 1 aliphatic heterocycles. The van der Waals surface area contributed by atoms with Crippen LogP contribution in [-0.2, 0) is 0 Å². The van der Waals surface area contributed by atoms with E-state index in [-0.39, 0.29) is 0 Å². The normalized spacial score (nSPS) is 14.2. The summed E-state index contributed by atoms with van der Waals surface area (Å²) in [6, 6.07) is 18.8. The van der Waals surface area contributed by atoms with Crippen LogP contribution in [0.5, 0.6) is 0 Å². The Morgan fingerprint density at radius 1 is 1.07 bits per heavy atom. The van der Waals surface area contributed by atoms with Gasteiger partial charge < -0.3 is 15.3 Å². The third kappa shape index (κ3) is 3.21. The summed E-state index contributed by atoms with van der Waals surface area (Å²) in [5, 5.41) is 27.8. The number of benzene rings is 1. The zero-order chi connectivity index (χ0) is 20.5. The van der Waals surface area contributed by atoms with Crippen molar-refractivity contribution < 1.29 is 5.11 Å². The van der Waals surface area contributed by atoms with Crippen molar-refractivity contribution in [2.24, 2.45) is 0 Å². The Hall–Kier alpha value is -3.96. The summed E-state index contributed by atoms with van der Waals surface area (Å²) in [4.78, 5) is 11.1. The van der Waals surface area contributed by atoms with Gasteiger partial charge in [0.05, 0.1) is 29.2 Å². The minimum atomic E-state index is -1.01. The molecular weight excluding hydrogens is 378 g/mol. The zero-order valence-corrected chi connectivity index (χ0v) is 16.1. The first-order valence-corrected chi connectivity index (χ1v) is 9.74. The van der Waals surface area contributed by atoms with E-state index < -0.39 is 6.23 Å². The number of hydrogen-bond acceptors (Lipinski definition) is 7. The molecule has 4 aromatic rings. The van der Waals surface area contributed by atoms with Crippen molar-refractivity contribution in [3.05, 3.63) is 72.1 Å². The molecule has 1 unspecified atom stereocenters. The van der Waals surface area contributed by atoms with Crippen LogP contribution < -0.4 is 10.2 Å². The minimum Gasteiger partial charge on any atom is -0.368 e. The smallest absolute Gasteiger partial charge is 0.169 e. The van der Waals surface area contributed by atoms with Gasteiger partial charge in [-0.2, -0.15) is 14.9 Å². The van der Waals surface area contributed by atoms with Crippen molar-refractivity contribution in [1.29, 1.82) is 5.26 Å². The third-order valence-corrected chi connectivity index (χ3v) is 5.19. The Bertz CT molecular complexity index is 1260. The highest BCUT2D eigenvalue weighted by Gasteiger charge is 2.18. The molecule has 0 bridgehead atoms. The summed E-state index contributed by atoms with van der Waals surface area (Å²) in [6.45, 7) is 1.98. The maximum absolute atomic E-state index is 10.7. The highest BCUT2D eigenvalue weighted by atomic mass is 16.3. The van der Waals surface area contributed by atoms with Crippen LogP contribution in [0.15, 0.2) is 60.8 Å². The van der Waals surface area contributed by atoms with Crippen LogP contribution in [0.3, 0.4) is 0 Å². The number of nitriles is 1. The summed E-state index contributed by atoms with van der Waals surface area (Å²) in [6.07, 6.45) is 1.77. The fourth-order valence-electron chi connectivity index (χ4n) is 3.45. The lowest BCUT2D eigenvalue weighted by atomic mass is 10.1. The fourth-order valence-corrected chi connectivity index (χ4v) is 3.45. The molecule has 0 saturated carbocycles. The number of anilines is 2. The highest BCUT2D eigenvalue weighted by molar-refractivity contribution is 5.68. The molecule has 0 radical (unpaired) electrons. The molecule has 8 heteroatoms. The quantitative estimate of drug-likeness (QED) is 0.499. The molecule has 1 saturated heterocycles. The van der Waals surface area contributed by atoms with E-state index in [9.17, 15) is 10.4 Å². The van der Waals surface area contributed by atoms with Gasteiger partial charge in [-0.1, -0.05) is 24.3 Å². The topological polar surface area (TPSA) is 102 Å². The molecule has 1 aliphatic rings. The van der Waals surface area contributed by atoms with Crippen LogP contribution in [0.25, 0.3) is 16.9 Å². The molecule has 3 aromatic heterocycles. The molecule has 0 amide bonds. The summed E-state index contributed by atoms with van der Waals surface area (Å²) in [5.74, 6) is 1.40. The van der Waals surface area contributed by atoms with Crippen LogP contribution in [0.1, 0.15) is 23.9 Å². The number of rotatable bonds is 5. The first-order chi connectivity index (χ1) is 14.7. The van der Waals surface area contributed by atoms with E-state index in [4.69, 9.17) is 0 Å². The predicted molar refractivity (Wildman–Crippen MR) is 113 cm³/mol.